The van der Waals surface area contributed by atoms with Gasteiger partial charge in [0.05, 0.1) is 6.61 Å². The SMILES string of the molecule is CNC1CCC(C(C)C)CC1CCOc1cccc(Br)c1. The van der Waals surface area contributed by atoms with E-state index >= 15 is 0 Å². The minimum Gasteiger partial charge on any atom is -0.494 e. The van der Waals surface area contributed by atoms with Crippen LogP contribution in [0.25, 0.3) is 0 Å². The summed E-state index contributed by atoms with van der Waals surface area (Å²) in [6.07, 6.45) is 5.15. The smallest absolute Gasteiger partial charge is 0.120 e. The lowest BCUT2D eigenvalue weighted by atomic mass is 9.72. The summed E-state index contributed by atoms with van der Waals surface area (Å²) in [7, 11) is 2.10. The third-order valence-electron chi connectivity index (χ3n) is 4.89. The molecular formula is C18H28BrNO. The van der Waals surface area contributed by atoms with Crippen molar-refractivity contribution in [2.75, 3.05) is 13.7 Å². The number of nitrogens with one attached hydrogen (secondary N) is 1. The lowest BCUT2D eigenvalue weighted by Crippen LogP contribution is -2.40. The summed E-state index contributed by atoms with van der Waals surface area (Å²) in [6, 6.07) is 8.76. The molecule has 0 aromatic heterocycles. The van der Waals surface area contributed by atoms with Crippen LogP contribution in [0.5, 0.6) is 5.75 Å². The topological polar surface area (TPSA) is 21.3 Å². The van der Waals surface area contributed by atoms with Crippen molar-refractivity contribution in [3.05, 3.63) is 28.7 Å². The zero-order valence-electron chi connectivity index (χ0n) is 13.4. The standard InChI is InChI=1S/C18H28BrNO/c1-13(2)14-7-8-18(20-3)15(11-14)9-10-21-17-6-4-5-16(19)12-17/h4-6,12-15,18,20H,7-11H2,1-3H3. The van der Waals surface area contributed by atoms with Gasteiger partial charge in [0.25, 0.3) is 0 Å². The largest absolute Gasteiger partial charge is 0.494 e. The van der Waals surface area contributed by atoms with E-state index in [1.807, 2.05) is 24.3 Å². The zero-order chi connectivity index (χ0) is 15.2. The Morgan fingerprint density at radius 1 is 1.33 bits per heavy atom. The monoisotopic (exact) mass is 353 g/mol. The van der Waals surface area contributed by atoms with Crippen LogP contribution < -0.4 is 10.1 Å². The first-order chi connectivity index (χ1) is 10.1. The van der Waals surface area contributed by atoms with Crippen molar-refractivity contribution in [2.24, 2.45) is 17.8 Å². The molecule has 3 atom stereocenters. The van der Waals surface area contributed by atoms with E-state index in [0.29, 0.717) is 6.04 Å². The van der Waals surface area contributed by atoms with Crippen LogP contribution in [0.15, 0.2) is 28.7 Å². The molecule has 0 heterocycles. The second kappa shape index (κ2) is 8.19. The second-order valence-electron chi connectivity index (χ2n) is 6.57. The highest BCUT2D eigenvalue weighted by molar-refractivity contribution is 9.10. The molecule has 0 bridgehead atoms. The van der Waals surface area contributed by atoms with Crippen molar-refractivity contribution in [2.45, 2.75) is 45.6 Å². The first-order valence-electron chi connectivity index (χ1n) is 8.15. The summed E-state index contributed by atoms with van der Waals surface area (Å²) < 4.78 is 7.00. The minimum absolute atomic E-state index is 0.658. The summed E-state index contributed by atoms with van der Waals surface area (Å²) in [5.74, 6) is 3.38. The maximum atomic E-state index is 5.92. The number of hydrogen-bond acceptors (Lipinski definition) is 2. The molecule has 0 aliphatic heterocycles. The second-order valence-corrected chi connectivity index (χ2v) is 7.48. The fourth-order valence-corrected chi connectivity index (χ4v) is 3.87. The van der Waals surface area contributed by atoms with Crippen LogP contribution in [-0.2, 0) is 0 Å². The summed E-state index contributed by atoms with van der Waals surface area (Å²) >= 11 is 3.49. The van der Waals surface area contributed by atoms with Crippen LogP contribution in [0.3, 0.4) is 0 Å². The van der Waals surface area contributed by atoms with Gasteiger partial charge in [-0.25, -0.2) is 0 Å². The molecule has 2 nitrogen and oxygen atoms in total. The zero-order valence-corrected chi connectivity index (χ0v) is 15.0. The van der Waals surface area contributed by atoms with Crippen LogP contribution in [0.2, 0.25) is 0 Å². The van der Waals surface area contributed by atoms with Gasteiger partial charge in [-0.3, -0.25) is 0 Å². The average Bonchev–Trinajstić information content (AvgIpc) is 2.47. The van der Waals surface area contributed by atoms with Gasteiger partial charge in [0.15, 0.2) is 0 Å². The van der Waals surface area contributed by atoms with Crippen LogP contribution in [0.4, 0.5) is 0 Å². The van der Waals surface area contributed by atoms with Crippen molar-refractivity contribution in [3.8, 4) is 5.75 Å². The number of hydrogen-bond donors (Lipinski definition) is 1. The van der Waals surface area contributed by atoms with E-state index in [1.165, 1.54) is 19.3 Å². The van der Waals surface area contributed by atoms with Gasteiger partial charge in [-0.2, -0.15) is 0 Å². The Balaban J connectivity index is 1.84. The number of rotatable bonds is 6. The Hall–Kier alpha value is -0.540. The van der Waals surface area contributed by atoms with E-state index in [4.69, 9.17) is 4.74 Å². The van der Waals surface area contributed by atoms with Crippen LogP contribution in [-0.4, -0.2) is 19.7 Å². The van der Waals surface area contributed by atoms with Crippen molar-refractivity contribution in [3.63, 3.8) is 0 Å². The van der Waals surface area contributed by atoms with E-state index in [-0.39, 0.29) is 0 Å². The summed E-state index contributed by atoms with van der Waals surface area (Å²) in [5, 5.41) is 3.51. The molecule has 1 aromatic carbocycles. The Morgan fingerprint density at radius 2 is 2.14 bits per heavy atom. The molecule has 0 radical (unpaired) electrons. The lowest BCUT2D eigenvalue weighted by molar-refractivity contribution is 0.147. The van der Waals surface area contributed by atoms with Crippen molar-refractivity contribution in [1.82, 2.24) is 5.32 Å². The molecule has 1 aromatic rings. The molecule has 0 amide bonds. The van der Waals surface area contributed by atoms with Crippen molar-refractivity contribution in [1.29, 1.82) is 0 Å². The van der Waals surface area contributed by atoms with Crippen LogP contribution in [0.1, 0.15) is 39.5 Å². The minimum atomic E-state index is 0.658. The summed E-state index contributed by atoms with van der Waals surface area (Å²) in [5.41, 5.74) is 0. The number of halogens is 1. The molecule has 3 unspecified atom stereocenters. The van der Waals surface area contributed by atoms with Crippen molar-refractivity contribution >= 4 is 15.9 Å². The van der Waals surface area contributed by atoms with Gasteiger partial charge in [-0.15, -0.1) is 0 Å². The molecule has 1 fully saturated rings. The third-order valence-corrected chi connectivity index (χ3v) is 5.38. The van der Waals surface area contributed by atoms with Gasteiger partial charge in [0.1, 0.15) is 5.75 Å². The van der Waals surface area contributed by atoms with Gasteiger partial charge in [0, 0.05) is 10.5 Å². The van der Waals surface area contributed by atoms with E-state index in [9.17, 15) is 0 Å². The first-order valence-corrected chi connectivity index (χ1v) is 8.95. The Bertz CT molecular complexity index is 435. The van der Waals surface area contributed by atoms with Gasteiger partial charge in [0.2, 0.25) is 0 Å². The first kappa shape index (κ1) is 16.8. The molecule has 21 heavy (non-hydrogen) atoms. The molecule has 1 saturated carbocycles. The summed E-state index contributed by atoms with van der Waals surface area (Å²) in [4.78, 5) is 0. The molecule has 2 rings (SSSR count). The quantitative estimate of drug-likeness (QED) is 0.786. The molecule has 118 valence electrons. The van der Waals surface area contributed by atoms with Gasteiger partial charge >= 0.3 is 0 Å². The number of ether oxygens (including phenoxy) is 1. The molecule has 1 N–H and O–H groups in total. The van der Waals surface area contributed by atoms with E-state index in [1.54, 1.807) is 0 Å². The number of benzene rings is 1. The van der Waals surface area contributed by atoms with Crippen molar-refractivity contribution < 1.29 is 4.74 Å². The predicted octanol–water partition coefficient (Wildman–Crippen LogP) is 4.88. The van der Waals surface area contributed by atoms with E-state index < -0.39 is 0 Å². The fraction of sp³-hybridized carbons (Fsp3) is 0.667. The maximum Gasteiger partial charge on any atom is 0.120 e. The molecule has 0 saturated heterocycles. The van der Waals surface area contributed by atoms with Gasteiger partial charge < -0.3 is 10.1 Å². The Labute approximate surface area is 137 Å². The Kier molecular flexibility index (Phi) is 6.56. The summed E-state index contributed by atoms with van der Waals surface area (Å²) in [6.45, 7) is 5.53. The highest BCUT2D eigenvalue weighted by Crippen LogP contribution is 2.35. The van der Waals surface area contributed by atoms with Crippen LogP contribution in [0, 0.1) is 17.8 Å². The molecular weight excluding hydrogens is 326 g/mol. The molecule has 1 aliphatic carbocycles. The average molecular weight is 354 g/mol. The highest BCUT2D eigenvalue weighted by Gasteiger charge is 2.30. The normalized spacial score (nSPS) is 26.0. The lowest BCUT2D eigenvalue weighted by Gasteiger charge is -2.37. The maximum absolute atomic E-state index is 5.92. The Morgan fingerprint density at radius 3 is 2.81 bits per heavy atom. The van der Waals surface area contributed by atoms with E-state index in [0.717, 1.165) is 41.0 Å². The van der Waals surface area contributed by atoms with Gasteiger partial charge in [-0.1, -0.05) is 35.8 Å². The van der Waals surface area contributed by atoms with Gasteiger partial charge in [-0.05, 0) is 68.7 Å². The highest BCUT2D eigenvalue weighted by atomic mass is 79.9. The predicted molar refractivity (Wildman–Crippen MR) is 92.8 cm³/mol. The molecule has 0 spiro atoms. The third kappa shape index (κ3) is 5.00. The van der Waals surface area contributed by atoms with Crippen LogP contribution >= 0.6 is 15.9 Å². The molecule has 3 heteroatoms. The van der Waals surface area contributed by atoms with E-state index in [2.05, 4.69) is 42.1 Å². The fourth-order valence-electron chi connectivity index (χ4n) is 3.49. The molecule has 1 aliphatic rings.